The highest BCUT2D eigenvalue weighted by molar-refractivity contribution is 9.10. The number of hydrogen-bond acceptors (Lipinski definition) is 3. The van der Waals surface area contributed by atoms with E-state index in [0.29, 0.717) is 0 Å². The van der Waals surface area contributed by atoms with E-state index in [9.17, 15) is 0 Å². The fourth-order valence-electron chi connectivity index (χ4n) is 2.06. The van der Waals surface area contributed by atoms with E-state index in [1.54, 1.807) is 11.8 Å². The molecule has 0 bridgehead atoms. The second kappa shape index (κ2) is 6.86. The standard InChI is InChI=1S/C17H18BrNOS/c1-21-15-7-5-14(6-8-15)20-17-9-2-12(10-16(17)18)11-19-13-3-4-13/h2,5-10,13,19H,3-4,11H2,1H3. The molecule has 2 aromatic carbocycles. The lowest BCUT2D eigenvalue weighted by atomic mass is 10.2. The van der Waals surface area contributed by atoms with Crippen LogP contribution in [0.2, 0.25) is 0 Å². The number of thioether (sulfide) groups is 1. The van der Waals surface area contributed by atoms with Crippen molar-refractivity contribution in [3.63, 3.8) is 0 Å². The molecule has 0 radical (unpaired) electrons. The number of halogens is 1. The van der Waals surface area contributed by atoms with Crippen molar-refractivity contribution in [2.24, 2.45) is 0 Å². The average molecular weight is 364 g/mol. The van der Waals surface area contributed by atoms with E-state index in [4.69, 9.17) is 4.74 Å². The van der Waals surface area contributed by atoms with E-state index in [-0.39, 0.29) is 0 Å². The van der Waals surface area contributed by atoms with Gasteiger partial charge < -0.3 is 10.1 Å². The van der Waals surface area contributed by atoms with Crippen molar-refractivity contribution >= 4 is 27.7 Å². The first-order chi connectivity index (χ1) is 10.2. The lowest BCUT2D eigenvalue weighted by molar-refractivity contribution is 0.479. The van der Waals surface area contributed by atoms with Gasteiger partial charge in [-0.2, -0.15) is 0 Å². The zero-order valence-corrected chi connectivity index (χ0v) is 14.3. The Morgan fingerprint density at radius 1 is 1.19 bits per heavy atom. The monoisotopic (exact) mass is 363 g/mol. The van der Waals surface area contributed by atoms with E-state index >= 15 is 0 Å². The second-order valence-corrected chi connectivity index (χ2v) is 6.93. The summed E-state index contributed by atoms with van der Waals surface area (Å²) in [5.41, 5.74) is 1.28. The number of nitrogens with one attached hydrogen (secondary N) is 1. The molecule has 0 atom stereocenters. The Kier molecular flexibility index (Phi) is 4.88. The summed E-state index contributed by atoms with van der Waals surface area (Å²) in [4.78, 5) is 1.24. The van der Waals surface area contributed by atoms with Crippen molar-refractivity contribution < 1.29 is 4.74 Å². The Hall–Kier alpha value is -0.970. The van der Waals surface area contributed by atoms with Crippen molar-refractivity contribution in [1.29, 1.82) is 0 Å². The summed E-state index contributed by atoms with van der Waals surface area (Å²) in [6.07, 6.45) is 4.70. The smallest absolute Gasteiger partial charge is 0.141 e. The Bertz CT molecular complexity index is 611. The maximum absolute atomic E-state index is 5.93. The molecule has 1 saturated carbocycles. The molecule has 0 aliphatic heterocycles. The fraction of sp³-hybridized carbons (Fsp3) is 0.294. The highest BCUT2D eigenvalue weighted by Gasteiger charge is 2.20. The number of rotatable bonds is 6. The van der Waals surface area contributed by atoms with Crippen molar-refractivity contribution in [1.82, 2.24) is 5.32 Å². The van der Waals surface area contributed by atoms with Crippen molar-refractivity contribution in [3.05, 3.63) is 52.5 Å². The topological polar surface area (TPSA) is 21.3 Å². The van der Waals surface area contributed by atoms with Gasteiger partial charge in [0.25, 0.3) is 0 Å². The van der Waals surface area contributed by atoms with Crippen LogP contribution in [0.1, 0.15) is 18.4 Å². The number of hydrogen-bond donors (Lipinski definition) is 1. The van der Waals surface area contributed by atoms with Crippen LogP contribution in [-0.2, 0) is 6.54 Å². The molecule has 0 saturated heterocycles. The van der Waals surface area contributed by atoms with Crippen LogP contribution < -0.4 is 10.1 Å². The molecule has 1 N–H and O–H groups in total. The summed E-state index contributed by atoms with van der Waals surface area (Å²) >= 11 is 5.33. The van der Waals surface area contributed by atoms with E-state index in [1.165, 1.54) is 23.3 Å². The van der Waals surface area contributed by atoms with Crippen LogP contribution in [0, 0.1) is 0 Å². The van der Waals surface area contributed by atoms with Crippen LogP contribution in [0.5, 0.6) is 11.5 Å². The molecule has 2 aromatic rings. The molecule has 110 valence electrons. The SMILES string of the molecule is CSc1ccc(Oc2ccc(CNC3CC3)cc2Br)cc1. The molecule has 1 aliphatic carbocycles. The minimum atomic E-state index is 0.731. The Morgan fingerprint density at radius 3 is 2.57 bits per heavy atom. The van der Waals surface area contributed by atoms with Gasteiger partial charge >= 0.3 is 0 Å². The Morgan fingerprint density at radius 2 is 1.95 bits per heavy atom. The first-order valence-corrected chi connectivity index (χ1v) is 9.10. The third kappa shape index (κ3) is 4.25. The summed E-state index contributed by atoms with van der Waals surface area (Å²) in [5, 5.41) is 3.52. The van der Waals surface area contributed by atoms with Gasteiger partial charge in [0.2, 0.25) is 0 Å². The van der Waals surface area contributed by atoms with Crippen molar-refractivity contribution in [3.8, 4) is 11.5 Å². The summed E-state index contributed by atoms with van der Waals surface area (Å²) in [6.45, 7) is 0.923. The molecule has 1 fully saturated rings. The van der Waals surface area contributed by atoms with Crippen LogP contribution in [0.15, 0.2) is 51.8 Å². The fourth-order valence-corrected chi connectivity index (χ4v) is 2.97. The largest absolute Gasteiger partial charge is 0.456 e. The van der Waals surface area contributed by atoms with Gasteiger partial charge in [-0.15, -0.1) is 11.8 Å². The Labute approximate surface area is 138 Å². The summed E-state index contributed by atoms with van der Waals surface area (Å²) < 4.78 is 6.92. The average Bonchev–Trinajstić information content (AvgIpc) is 3.33. The quantitative estimate of drug-likeness (QED) is 0.711. The van der Waals surface area contributed by atoms with E-state index in [1.807, 2.05) is 18.2 Å². The van der Waals surface area contributed by atoms with Gasteiger partial charge in [0.1, 0.15) is 11.5 Å². The highest BCUT2D eigenvalue weighted by atomic mass is 79.9. The molecule has 2 nitrogen and oxygen atoms in total. The maximum Gasteiger partial charge on any atom is 0.141 e. The van der Waals surface area contributed by atoms with E-state index in [2.05, 4.69) is 51.8 Å². The maximum atomic E-state index is 5.93. The number of ether oxygens (including phenoxy) is 1. The van der Waals surface area contributed by atoms with E-state index < -0.39 is 0 Å². The molecule has 3 rings (SSSR count). The Balaban J connectivity index is 1.66. The predicted molar refractivity (Wildman–Crippen MR) is 92.3 cm³/mol. The molecule has 0 spiro atoms. The lowest BCUT2D eigenvalue weighted by Crippen LogP contribution is -2.15. The molecular weight excluding hydrogens is 346 g/mol. The first kappa shape index (κ1) is 14.9. The first-order valence-electron chi connectivity index (χ1n) is 7.08. The lowest BCUT2D eigenvalue weighted by Gasteiger charge is -2.10. The number of benzene rings is 2. The van der Waals surface area contributed by atoms with Gasteiger partial charge in [-0.05, 0) is 77.0 Å². The minimum absolute atomic E-state index is 0.731. The van der Waals surface area contributed by atoms with Gasteiger partial charge in [-0.25, -0.2) is 0 Å². The molecule has 0 amide bonds. The summed E-state index contributed by atoms with van der Waals surface area (Å²) in [5.74, 6) is 1.71. The normalized spacial score (nSPS) is 14.2. The summed E-state index contributed by atoms with van der Waals surface area (Å²) in [6, 6.07) is 15.1. The van der Waals surface area contributed by atoms with Gasteiger partial charge in [0, 0.05) is 17.5 Å². The molecule has 0 heterocycles. The highest BCUT2D eigenvalue weighted by Crippen LogP contribution is 2.31. The molecule has 4 heteroatoms. The van der Waals surface area contributed by atoms with E-state index in [0.717, 1.165) is 28.6 Å². The van der Waals surface area contributed by atoms with Crippen LogP contribution in [0.3, 0.4) is 0 Å². The molecule has 0 aromatic heterocycles. The zero-order valence-electron chi connectivity index (χ0n) is 11.9. The minimum Gasteiger partial charge on any atom is -0.456 e. The van der Waals surface area contributed by atoms with Crippen LogP contribution >= 0.6 is 27.7 Å². The molecular formula is C17H18BrNOS. The molecule has 21 heavy (non-hydrogen) atoms. The summed E-state index contributed by atoms with van der Waals surface area (Å²) in [7, 11) is 0. The van der Waals surface area contributed by atoms with Crippen LogP contribution in [-0.4, -0.2) is 12.3 Å². The molecule has 1 aliphatic rings. The second-order valence-electron chi connectivity index (χ2n) is 5.20. The third-order valence-corrected chi connectivity index (χ3v) is 4.82. The van der Waals surface area contributed by atoms with Gasteiger partial charge in [0.05, 0.1) is 4.47 Å². The van der Waals surface area contributed by atoms with Gasteiger partial charge in [0.15, 0.2) is 0 Å². The van der Waals surface area contributed by atoms with Crippen molar-refractivity contribution in [2.45, 2.75) is 30.3 Å². The predicted octanol–water partition coefficient (Wildman–Crippen LogP) is 5.22. The van der Waals surface area contributed by atoms with Crippen LogP contribution in [0.25, 0.3) is 0 Å². The zero-order chi connectivity index (χ0) is 14.7. The van der Waals surface area contributed by atoms with Crippen molar-refractivity contribution in [2.75, 3.05) is 6.26 Å². The third-order valence-electron chi connectivity index (χ3n) is 3.46. The van der Waals surface area contributed by atoms with Crippen LogP contribution in [0.4, 0.5) is 0 Å². The van der Waals surface area contributed by atoms with Gasteiger partial charge in [-0.1, -0.05) is 6.07 Å². The molecule has 0 unspecified atom stereocenters. The van der Waals surface area contributed by atoms with Gasteiger partial charge in [-0.3, -0.25) is 0 Å².